The molecule has 0 amide bonds. The SMILES string of the molecule is [2H]C([2H])([2H])NC1(c2ccccc2Cl)C(=O)C([2H])([2H])CC([2H])([2H])C1([2H])[2H]. The molecule has 16 heavy (non-hydrogen) atoms. The van der Waals surface area contributed by atoms with Crippen molar-refractivity contribution in [3.8, 4) is 0 Å². The molecule has 2 nitrogen and oxygen atoms in total. The van der Waals surface area contributed by atoms with Crippen LogP contribution in [0.4, 0.5) is 0 Å². The minimum Gasteiger partial charge on any atom is -0.304 e. The quantitative estimate of drug-likeness (QED) is 0.870. The van der Waals surface area contributed by atoms with Crippen molar-refractivity contribution in [2.75, 3.05) is 6.98 Å². The average Bonchev–Trinajstić information content (AvgIpc) is 2.41. The summed E-state index contributed by atoms with van der Waals surface area (Å²) >= 11 is 6.07. The van der Waals surface area contributed by atoms with E-state index in [0.29, 0.717) is 0 Å². The molecule has 1 aliphatic rings. The van der Waals surface area contributed by atoms with E-state index in [4.69, 9.17) is 23.9 Å². The van der Waals surface area contributed by atoms with Gasteiger partial charge in [-0.05, 0) is 31.4 Å². The number of Topliss-reactive ketones (excluding diaryl/α,β-unsaturated/α-hetero) is 1. The Labute approximate surface area is 114 Å². The Morgan fingerprint density at radius 2 is 2.38 bits per heavy atom. The molecule has 1 aromatic carbocycles. The van der Waals surface area contributed by atoms with Gasteiger partial charge in [0.25, 0.3) is 0 Å². The Morgan fingerprint density at radius 3 is 3.12 bits per heavy atom. The lowest BCUT2D eigenvalue weighted by Crippen LogP contribution is -2.49. The van der Waals surface area contributed by atoms with E-state index in [2.05, 4.69) is 0 Å². The summed E-state index contributed by atoms with van der Waals surface area (Å²) in [6.07, 6.45) is -9.78. The molecule has 0 saturated heterocycles. The zero-order chi connectivity index (χ0) is 19.5. The van der Waals surface area contributed by atoms with E-state index in [1.165, 1.54) is 24.3 Å². The Kier molecular flexibility index (Phi) is 1.36. The number of nitrogens with one attached hydrogen (secondary N) is 1. The van der Waals surface area contributed by atoms with Crippen molar-refractivity contribution >= 4 is 17.4 Å². The lowest BCUT2D eigenvalue weighted by molar-refractivity contribution is -0.127. The van der Waals surface area contributed by atoms with Gasteiger partial charge in [0, 0.05) is 23.7 Å². The highest BCUT2D eigenvalue weighted by Crippen LogP contribution is 2.37. The summed E-state index contributed by atoms with van der Waals surface area (Å²) in [5.74, 6) is -1.41. The maximum atomic E-state index is 12.9. The van der Waals surface area contributed by atoms with Gasteiger partial charge in [0.2, 0.25) is 0 Å². The van der Waals surface area contributed by atoms with Gasteiger partial charge in [-0.3, -0.25) is 4.79 Å². The summed E-state index contributed by atoms with van der Waals surface area (Å²) in [7, 11) is 0. The molecule has 86 valence electrons. The second-order valence-electron chi connectivity index (χ2n) is 3.34. The van der Waals surface area contributed by atoms with Crippen molar-refractivity contribution in [3.63, 3.8) is 0 Å². The molecule has 1 aromatic rings. The molecule has 1 N–H and O–H groups in total. The molecule has 1 saturated carbocycles. The number of carbonyl (C=O) groups is 1. The van der Waals surface area contributed by atoms with Gasteiger partial charge in [-0.25, -0.2) is 0 Å². The van der Waals surface area contributed by atoms with Crippen molar-refractivity contribution in [2.24, 2.45) is 0 Å². The van der Waals surface area contributed by atoms with E-state index >= 15 is 0 Å². The third-order valence-corrected chi connectivity index (χ3v) is 2.75. The number of ketones is 1. The van der Waals surface area contributed by atoms with E-state index < -0.39 is 43.8 Å². The van der Waals surface area contributed by atoms with Crippen LogP contribution in [-0.4, -0.2) is 12.8 Å². The first-order valence-electron chi connectivity index (χ1n) is 9.18. The molecule has 0 aromatic heterocycles. The van der Waals surface area contributed by atoms with Crippen LogP contribution < -0.4 is 5.32 Å². The molecule has 1 atom stereocenters. The van der Waals surface area contributed by atoms with Crippen molar-refractivity contribution in [2.45, 2.75) is 31.1 Å². The number of carbonyl (C=O) groups excluding carboxylic acids is 1. The van der Waals surface area contributed by atoms with Gasteiger partial charge in [-0.2, -0.15) is 0 Å². The average molecular weight is 247 g/mol. The topological polar surface area (TPSA) is 29.1 Å². The molecule has 1 fully saturated rings. The number of hydrogen-bond donors (Lipinski definition) is 1. The number of hydrogen-bond acceptors (Lipinski definition) is 2. The molecule has 1 aliphatic carbocycles. The van der Waals surface area contributed by atoms with Crippen LogP contribution in [0.1, 0.15) is 43.4 Å². The van der Waals surface area contributed by atoms with Gasteiger partial charge in [0.15, 0.2) is 5.78 Å². The Bertz CT molecular complexity index is 703. The zero-order valence-electron chi connectivity index (χ0n) is 17.3. The molecule has 0 spiro atoms. The van der Waals surface area contributed by atoms with Crippen LogP contribution in [0.5, 0.6) is 0 Å². The minimum atomic E-state index is -3.10. The molecule has 3 heteroatoms. The highest BCUT2D eigenvalue weighted by molar-refractivity contribution is 6.31. The van der Waals surface area contributed by atoms with Gasteiger partial charge in [0.05, 0.1) is 0 Å². The summed E-state index contributed by atoms with van der Waals surface area (Å²) in [5, 5.41) is 1.72. The number of rotatable bonds is 2. The Hall–Kier alpha value is -0.860. The van der Waals surface area contributed by atoms with Crippen LogP contribution in [0.15, 0.2) is 24.3 Å². The molecule has 2 rings (SSSR count). The minimum absolute atomic E-state index is 0.176. The molecule has 0 radical (unpaired) electrons. The third-order valence-electron chi connectivity index (χ3n) is 2.42. The lowest BCUT2D eigenvalue weighted by atomic mass is 9.75. The van der Waals surface area contributed by atoms with Crippen LogP contribution in [0, 0.1) is 0 Å². The summed E-state index contributed by atoms with van der Waals surface area (Å²) in [6.45, 7) is -3.06. The molecular weight excluding hydrogens is 222 g/mol. The second-order valence-corrected chi connectivity index (χ2v) is 3.75. The van der Waals surface area contributed by atoms with Crippen LogP contribution in [-0.2, 0) is 10.3 Å². The van der Waals surface area contributed by atoms with Crippen molar-refractivity contribution in [1.82, 2.24) is 5.32 Å². The van der Waals surface area contributed by atoms with Crippen LogP contribution in [0.2, 0.25) is 5.02 Å². The normalized spacial score (nSPS) is 44.3. The van der Waals surface area contributed by atoms with E-state index in [0.717, 1.165) is 0 Å². The third kappa shape index (κ3) is 1.76. The standard InChI is InChI=1S/C13H16ClNO/c1-15-13(9-5-4-8-12(13)16)10-6-2-3-7-11(10)14/h2-3,6-7,15H,4-5,8-9H2,1H3/i1D3,5D2,8D2,9D2. The van der Waals surface area contributed by atoms with Crippen molar-refractivity contribution < 1.29 is 17.1 Å². The van der Waals surface area contributed by atoms with E-state index in [1.807, 2.05) is 5.32 Å². The van der Waals surface area contributed by atoms with Crippen LogP contribution in [0.25, 0.3) is 0 Å². The molecular formula is C13H16ClNO. The number of halogens is 1. The summed E-state index contributed by atoms with van der Waals surface area (Å²) in [5.41, 5.74) is -3.16. The van der Waals surface area contributed by atoms with Gasteiger partial charge < -0.3 is 5.32 Å². The maximum Gasteiger partial charge on any atom is 0.157 e. The first-order chi connectivity index (χ1) is 11.1. The van der Waals surface area contributed by atoms with Gasteiger partial charge in [-0.1, -0.05) is 36.2 Å². The molecule has 0 bridgehead atoms. The largest absolute Gasteiger partial charge is 0.304 e. The van der Waals surface area contributed by atoms with Gasteiger partial charge >= 0.3 is 0 Å². The van der Waals surface area contributed by atoms with Gasteiger partial charge in [0.1, 0.15) is 5.54 Å². The fourth-order valence-corrected chi connectivity index (χ4v) is 1.88. The summed E-state index contributed by atoms with van der Waals surface area (Å²) < 4.78 is 70.7. The maximum absolute atomic E-state index is 12.9. The predicted molar refractivity (Wildman–Crippen MR) is 65.7 cm³/mol. The zero-order valence-corrected chi connectivity index (χ0v) is 9.06. The first-order valence-corrected chi connectivity index (χ1v) is 5.06. The van der Waals surface area contributed by atoms with Gasteiger partial charge in [-0.15, -0.1) is 0 Å². The Balaban J connectivity index is 2.92. The highest BCUT2D eigenvalue weighted by Gasteiger charge is 2.40. The van der Waals surface area contributed by atoms with Crippen molar-refractivity contribution in [1.29, 1.82) is 0 Å². The fraction of sp³-hybridized carbons (Fsp3) is 0.462. The van der Waals surface area contributed by atoms with Crippen molar-refractivity contribution in [3.05, 3.63) is 34.9 Å². The lowest BCUT2D eigenvalue weighted by Gasteiger charge is -2.36. The fourth-order valence-electron chi connectivity index (χ4n) is 1.60. The summed E-state index contributed by atoms with van der Waals surface area (Å²) in [4.78, 5) is 12.9. The smallest absolute Gasteiger partial charge is 0.157 e. The predicted octanol–water partition coefficient (Wildman–Crippen LogP) is 2.90. The van der Waals surface area contributed by atoms with E-state index in [9.17, 15) is 4.79 Å². The van der Waals surface area contributed by atoms with Crippen LogP contribution in [0.3, 0.4) is 0 Å². The second kappa shape index (κ2) is 4.56. The Morgan fingerprint density at radius 1 is 1.56 bits per heavy atom. The molecule has 0 aliphatic heterocycles. The monoisotopic (exact) mass is 246 g/mol. The summed E-state index contributed by atoms with van der Waals surface area (Å²) in [6, 6.07) is 5.34. The number of likely N-dealkylation sites (N-methyl/N-ethyl adjacent to an activating group) is 1. The van der Waals surface area contributed by atoms with Crippen LogP contribution >= 0.6 is 11.6 Å². The first kappa shape index (κ1) is 4.79. The highest BCUT2D eigenvalue weighted by atomic mass is 35.5. The van der Waals surface area contributed by atoms with E-state index in [1.54, 1.807) is 0 Å². The van der Waals surface area contributed by atoms with E-state index in [-0.39, 0.29) is 10.6 Å². The molecule has 1 unspecified atom stereocenters. The number of benzene rings is 1. The molecule has 0 heterocycles.